The predicted octanol–water partition coefficient (Wildman–Crippen LogP) is 4.62. The predicted molar refractivity (Wildman–Crippen MR) is 123 cm³/mol. The average Bonchev–Trinajstić information content (AvgIpc) is 2.81. The summed E-state index contributed by atoms with van der Waals surface area (Å²) in [6, 6.07) is 31.9. The number of carbonyl (C=O) groups is 1. The van der Waals surface area contributed by atoms with Crippen molar-refractivity contribution in [2.75, 3.05) is 4.90 Å². The summed E-state index contributed by atoms with van der Waals surface area (Å²) in [7, 11) is 4.00. The lowest BCUT2D eigenvalue weighted by molar-refractivity contribution is -0.658. The summed E-state index contributed by atoms with van der Waals surface area (Å²) < 4.78 is 4.12. The maximum Gasteiger partial charge on any atom is 0.348 e. The molecule has 0 radical (unpaired) electrons. The van der Waals surface area contributed by atoms with Crippen LogP contribution >= 0.6 is 0 Å². The highest BCUT2D eigenvalue weighted by atomic mass is 16.2. The molecule has 2 aromatic heterocycles. The first kappa shape index (κ1) is 18.9. The summed E-state index contributed by atoms with van der Waals surface area (Å²) in [5, 5.41) is 1.88. The van der Waals surface area contributed by atoms with Gasteiger partial charge in [0.1, 0.15) is 12.7 Å². The molecule has 0 bridgehead atoms. The molecule has 0 aliphatic rings. The standard InChI is InChI=1S/C27H23N3O/c1-28-19-11-10-18-25(28)30(20-12-4-3-5-13-20)27(31)26-21-14-6-8-16-23(21)29(2)24-17-9-7-15-22(24)26/h3-19H,1-2H3/q+2. The van der Waals surface area contributed by atoms with E-state index in [4.69, 9.17) is 0 Å². The number of hydrogen-bond acceptors (Lipinski definition) is 1. The third-order valence-electron chi connectivity index (χ3n) is 5.76. The number of anilines is 2. The van der Waals surface area contributed by atoms with E-state index < -0.39 is 0 Å². The van der Waals surface area contributed by atoms with Crippen molar-refractivity contribution in [3.05, 3.63) is 109 Å². The van der Waals surface area contributed by atoms with E-state index in [1.165, 1.54) is 0 Å². The van der Waals surface area contributed by atoms with Gasteiger partial charge >= 0.3 is 5.91 Å². The monoisotopic (exact) mass is 405 g/mol. The molecule has 3 aromatic carbocycles. The lowest BCUT2D eigenvalue weighted by atomic mass is 10.0. The molecule has 150 valence electrons. The Kier molecular flexibility index (Phi) is 4.68. The van der Waals surface area contributed by atoms with Gasteiger partial charge < -0.3 is 0 Å². The minimum absolute atomic E-state index is 0.0546. The number of pyridine rings is 2. The Balaban J connectivity index is 1.85. The van der Waals surface area contributed by atoms with Gasteiger partial charge in [-0.3, -0.25) is 0 Å². The molecule has 5 aromatic rings. The number of aromatic nitrogens is 2. The molecule has 0 fully saturated rings. The van der Waals surface area contributed by atoms with E-state index >= 15 is 0 Å². The molecule has 31 heavy (non-hydrogen) atoms. The van der Waals surface area contributed by atoms with E-state index in [0.29, 0.717) is 5.56 Å². The molecule has 2 heterocycles. The molecule has 4 nitrogen and oxygen atoms in total. The first-order chi connectivity index (χ1) is 15.2. The first-order valence-corrected chi connectivity index (χ1v) is 10.3. The van der Waals surface area contributed by atoms with Crippen LogP contribution in [0.2, 0.25) is 0 Å². The molecule has 1 amide bonds. The van der Waals surface area contributed by atoms with Crippen LogP contribution in [0.4, 0.5) is 11.5 Å². The summed E-state index contributed by atoms with van der Waals surface area (Å²) >= 11 is 0. The molecule has 0 aliphatic carbocycles. The van der Waals surface area contributed by atoms with E-state index in [2.05, 4.69) is 16.7 Å². The SMILES string of the molecule is C[n+]1ccccc1N(C(=O)c1c2ccccc2[n+](C)c2ccccc12)c1ccccc1. The second-order valence-corrected chi connectivity index (χ2v) is 7.61. The number of hydrogen-bond donors (Lipinski definition) is 0. The molecule has 0 spiro atoms. The van der Waals surface area contributed by atoms with Gasteiger partial charge in [0.15, 0.2) is 0 Å². The van der Waals surface area contributed by atoms with Crippen LogP contribution in [-0.2, 0) is 14.1 Å². The van der Waals surface area contributed by atoms with Gasteiger partial charge in [0.2, 0.25) is 11.0 Å². The molecule has 0 N–H and O–H groups in total. The van der Waals surface area contributed by atoms with Crippen molar-refractivity contribution in [3.8, 4) is 0 Å². The number of amides is 1. The van der Waals surface area contributed by atoms with E-state index in [1.54, 1.807) is 4.90 Å². The normalized spacial score (nSPS) is 11.0. The zero-order valence-corrected chi connectivity index (χ0v) is 17.6. The molecule has 4 heteroatoms. The Morgan fingerprint density at radius 1 is 0.677 bits per heavy atom. The van der Waals surface area contributed by atoms with Crippen LogP contribution < -0.4 is 14.0 Å². The van der Waals surface area contributed by atoms with Crippen molar-refractivity contribution in [3.63, 3.8) is 0 Å². The highest BCUT2D eigenvalue weighted by Crippen LogP contribution is 2.31. The molecule has 0 aliphatic heterocycles. The van der Waals surface area contributed by atoms with Crippen LogP contribution in [0.1, 0.15) is 10.4 Å². The van der Waals surface area contributed by atoms with Gasteiger partial charge in [0.25, 0.3) is 5.82 Å². The summed E-state index contributed by atoms with van der Waals surface area (Å²) in [6.07, 6.45) is 1.96. The van der Waals surface area contributed by atoms with Crippen molar-refractivity contribution in [2.24, 2.45) is 14.1 Å². The fourth-order valence-electron chi connectivity index (χ4n) is 4.25. The fraction of sp³-hybridized carbons (Fsp3) is 0.0741. The third kappa shape index (κ3) is 3.13. The molecule has 5 rings (SSSR count). The van der Waals surface area contributed by atoms with Crippen LogP contribution in [0, 0.1) is 0 Å². The van der Waals surface area contributed by atoms with Gasteiger partial charge in [-0.2, -0.15) is 9.47 Å². The summed E-state index contributed by atoms with van der Waals surface area (Å²) in [6.45, 7) is 0. The summed E-state index contributed by atoms with van der Waals surface area (Å²) in [4.78, 5) is 16.1. The Bertz CT molecular complexity index is 1370. The quantitative estimate of drug-likeness (QED) is 0.318. The van der Waals surface area contributed by atoms with E-state index in [1.807, 2.05) is 110 Å². The van der Waals surface area contributed by atoms with Gasteiger partial charge in [0.05, 0.1) is 29.6 Å². The van der Waals surface area contributed by atoms with Crippen molar-refractivity contribution >= 4 is 39.2 Å². The zero-order chi connectivity index (χ0) is 21.4. The third-order valence-corrected chi connectivity index (χ3v) is 5.76. The summed E-state index contributed by atoms with van der Waals surface area (Å²) in [5.41, 5.74) is 3.58. The highest BCUT2D eigenvalue weighted by molar-refractivity contribution is 6.22. The van der Waals surface area contributed by atoms with Gasteiger partial charge in [-0.15, -0.1) is 0 Å². The number of fused-ring (bicyclic) bond motifs is 2. The highest BCUT2D eigenvalue weighted by Gasteiger charge is 2.34. The van der Waals surface area contributed by atoms with Crippen molar-refractivity contribution in [1.29, 1.82) is 0 Å². The van der Waals surface area contributed by atoms with Gasteiger partial charge in [0, 0.05) is 18.2 Å². The van der Waals surface area contributed by atoms with E-state index in [-0.39, 0.29) is 5.91 Å². The van der Waals surface area contributed by atoms with Crippen LogP contribution in [0.15, 0.2) is 103 Å². The molecule has 0 saturated heterocycles. The van der Waals surface area contributed by atoms with Crippen LogP contribution in [0.3, 0.4) is 0 Å². The molecule has 0 atom stereocenters. The number of benzene rings is 3. The fourth-order valence-corrected chi connectivity index (χ4v) is 4.25. The summed E-state index contributed by atoms with van der Waals surface area (Å²) in [5.74, 6) is 0.751. The molecule has 0 unspecified atom stereocenters. The first-order valence-electron chi connectivity index (χ1n) is 10.3. The minimum Gasteiger partial charge on any atom is -0.240 e. The lowest BCUT2D eigenvalue weighted by Crippen LogP contribution is -2.40. The molecular formula is C27H23N3O+2. The van der Waals surface area contributed by atoms with Crippen LogP contribution in [0.25, 0.3) is 21.8 Å². The Morgan fingerprint density at radius 3 is 1.84 bits per heavy atom. The largest absolute Gasteiger partial charge is 0.348 e. The van der Waals surface area contributed by atoms with E-state index in [9.17, 15) is 4.79 Å². The average molecular weight is 406 g/mol. The van der Waals surface area contributed by atoms with Gasteiger partial charge in [-0.25, -0.2) is 9.36 Å². The Labute approximate surface area is 181 Å². The van der Waals surface area contributed by atoms with Crippen molar-refractivity contribution in [2.45, 2.75) is 0 Å². The molecular weight excluding hydrogens is 382 g/mol. The van der Waals surface area contributed by atoms with Crippen LogP contribution in [-0.4, -0.2) is 5.91 Å². The smallest absolute Gasteiger partial charge is 0.240 e. The van der Waals surface area contributed by atoms with Crippen molar-refractivity contribution in [1.82, 2.24) is 0 Å². The number of aryl methyl sites for hydroxylation is 2. The van der Waals surface area contributed by atoms with Gasteiger partial charge in [-0.05, 0) is 30.3 Å². The number of carbonyl (C=O) groups excluding carboxylic acids is 1. The maximum atomic E-state index is 14.3. The Morgan fingerprint density at radius 2 is 1.23 bits per heavy atom. The van der Waals surface area contributed by atoms with Crippen LogP contribution in [0.5, 0.6) is 0 Å². The number of para-hydroxylation sites is 3. The second kappa shape index (κ2) is 7.65. The van der Waals surface area contributed by atoms with Gasteiger partial charge in [-0.1, -0.05) is 48.5 Å². The topological polar surface area (TPSA) is 28.1 Å². The lowest BCUT2D eigenvalue weighted by Gasteiger charge is -2.18. The van der Waals surface area contributed by atoms with Crippen molar-refractivity contribution < 1.29 is 13.9 Å². The number of rotatable bonds is 3. The minimum atomic E-state index is -0.0546. The maximum absolute atomic E-state index is 14.3. The Hall–Kier alpha value is -4.05. The second-order valence-electron chi connectivity index (χ2n) is 7.61. The molecule has 0 saturated carbocycles. The zero-order valence-electron chi connectivity index (χ0n) is 17.6. The number of nitrogens with zero attached hydrogens (tertiary/aromatic N) is 3. The van der Waals surface area contributed by atoms with E-state index in [0.717, 1.165) is 33.3 Å².